The zero-order valence-corrected chi connectivity index (χ0v) is 13.3. The summed E-state index contributed by atoms with van der Waals surface area (Å²) in [5.41, 5.74) is 0.730. The lowest BCUT2D eigenvalue weighted by molar-refractivity contribution is -0.115. The molecule has 0 radical (unpaired) electrons. The van der Waals surface area contributed by atoms with Crippen LogP contribution in [-0.2, 0) is 16.1 Å². The lowest BCUT2D eigenvalue weighted by Gasteiger charge is -2.17. The molecule has 0 unspecified atom stereocenters. The first kappa shape index (κ1) is 17.6. The van der Waals surface area contributed by atoms with Crippen molar-refractivity contribution in [3.8, 4) is 0 Å². The van der Waals surface area contributed by atoms with Gasteiger partial charge in [-0.1, -0.05) is 13.8 Å². The summed E-state index contributed by atoms with van der Waals surface area (Å²) in [6.07, 6.45) is 3.53. The number of nitrogens with zero attached hydrogens (tertiary/aromatic N) is 3. The lowest BCUT2D eigenvalue weighted by Crippen LogP contribution is -2.30. The summed E-state index contributed by atoms with van der Waals surface area (Å²) in [5, 5.41) is 10.1. The van der Waals surface area contributed by atoms with Gasteiger partial charge in [-0.2, -0.15) is 5.10 Å². The fourth-order valence-electron chi connectivity index (χ4n) is 1.92. The van der Waals surface area contributed by atoms with E-state index in [1.807, 2.05) is 10.9 Å². The fraction of sp³-hybridized carbons (Fsp3) is 0.714. The fourth-order valence-corrected chi connectivity index (χ4v) is 1.92. The van der Waals surface area contributed by atoms with Gasteiger partial charge in [-0.3, -0.25) is 9.48 Å². The summed E-state index contributed by atoms with van der Waals surface area (Å²) in [6.45, 7) is 9.68. The molecule has 0 fully saturated rings. The summed E-state index contributed by atoms with van der Waals surface area (Å²) >= 11 is 0. The van der Waals surface area contributed by atoms with E-state index in [0.29, 0.717) is 13.2 Å². The van der Waals surface area contributed by atoms with Gasteiger partial charge in [-0.15, -0.1) is 0 Å². The number of likely N-dealkylation sites (N-methyl/N-ethyl adjacent to an activating group) is 1. The first-order chi connectivity index (χ1) is 10.2. The van der Waals surface area contributed by atoms with Gasteiger partial charge >= 0.3 is 0 Å². The molecule has 7 heteroatoms. The number of amides is 1. The molecular formula is C14H27N5O2. The van der Waals surface area contributed by atoms with Crippen molar-refractivity contribution in [2.45, 2.75) is 20.4 Å². The number of hydrogen-bond acceptors (Lipinski definition) is 5. The molecule has 0 saturated heterocycles. The summed E-state index contributed by atoms with van der Waals surface area (Å²) in [6, 6.07) is 0. The van der Waals surface area contributed by atoms with E-state index in [2.05, 4.69) is 34.5 Å². The average Bonchev–Trinajstić information content (AvgIpc) is 2.92. The van der Waals surface area contributed by atoms with Crippen LogP contribution >= 0.6 is 0 Å². The highest BCUT2D eigenvalue weighted by molar-refractivity contribution is 5.91. The molecule has 0 aliphatic rings. The van der Waals surface area contributed by atoms with Crippen molar-refractivity contribution in [1.29, 1.82) is 0 Å². The van der Waals surface area contributed by atoms with E-state index < -0.39 is 0 Å². The van der Waals surface area contributed by atoms with Gasteiger partial charge in [0.25, 0.3) is 0 Å². The van der Waals surface area contributed by atoms with E-state index in [1.54, 1.807) is 13.3 Å². The maximum atomic E-state index is 11.7. The molecule has 1 aromatic heterocycles. The molecule has 2 N–H and O–H groups in total. The predicted octanol–water partition coefficient (Wildman–Crippen LogP) is 0.399. The Morgan fingerprint density at radius 2 is 2.19 bits per heavy atom. The number of hydrogen-bond donors (Lipinski definition) is 2. The maximum absolute atomic E-state index is 11.7. The van der Waals surface area contributed by atoms with Crippen molar-refractivity contribution in [3.63, 3.8) is 0 Å². The van der Waals surface area contributed by atoms with Crippen molar-refractivity contribution in [1.82, 2.24) is 20.0 Å². The van der Waals surface area contributed by atoms with Crippen LogP contribution in [0.2, 0.25) is 0 Å². The summed E-state index contributed by atoms with van der Waals surface area (Å²) in [7, 11) is 1.63. The molecule has 0 saturated carbocycles. The number of carbonyl (C=O) groups is 1. The van der Waals surface area contributed by atoms with Gasteiger partial charge < -0.3 is 20.3 Å². The minimum absolute atomic E-state index is 0.0746. The molecule has 21 heavy (non-hydrogen) atoms. The molecule has 120 valence electrons. The van der Waals surface area contributed by atoms with Crippen molar-refractivity contribution in [2.75, 3.05) is 51.8 Å². The van der Waals surface area contributed by atoms with Crippen LogP contribution in [0.15, 0.2) is 12.4 Å². The molecule has 1 heterocycles. The van der Waals surface area contributed by atoms with E-state index in [1.165, 1.54) is 0 Å². The van der Waals surface area contributed by atoms with Crippen LogP contribution in [0.3, 0.4) is 0 Å². The third kappa shape index (κ3) is 7.22. The normalized spacial score (nSPS) is 11.0. The van der Waals surface area contributed by atoms with Crippen molar-refractivity contribution < 1.29 is 9.53 Å². The molecule has 0 bridgehead atoms. The highest BCUT2D eigenvalue weighted by atomic mass is 16.5. The van der Waals surface area contributed by atoms with E-state index in [-0.39, 0.29) is 12.5 Å². The van der Waals surface area contributed by atoms with Crippen LogP contribution < -0.4 is 10.6 Å². The predicted molar refractivity (Wildman–Crippen MR) is 83.4 cm³/mol. The van der Waals surface area contributed by atoms with Gasteiger partial charge in [-0.05, 0) is 13.1 Å². The third-order valence-corrected chi connectivity index (χ3v) is 3.23. The Balaban J connectivity index is 2.29. The molecule has 0 aromatic carbocycles. The first-order valence-corrected chi connectivity index (χ1v) is 7.43. The Bertz CT molecular complexity index is 404. The molecule has 0 spiro atoms. The van der Waals surface area contributed by atoms with E-state index in [9.17, 15) is 4.79 Å². The summed E-state index contributed by atoms with van der Waals surface area (Å²) in [5.74, 6) is -0.0746. The van der Waals surface area contributed by atoms with Crippen LogP contribution in [0.25, 0.3) is 0 Å². The van der Waals surface area contributed by atoms with Crippen molar-refractivity contribution >= 4 is 11.6 Å². The highest BCUT2D eigenvalue weighted by Gasteiger charge is 2.05. The molecule has 0 aliphatic heterocycles. The van der Waals surface area contributed by atoms with Crippen molar-refractivity contribution in [2.24, 2.45) is 0 Å². The Morgan fingerprint density at radius 1 is 1.43 bits per heavy atom. The van der Waals surface area contributed by atoms with Crippen LogP contribution in [-0.4, -0.2) is 67.0 Å². The minimum atomic E-state index is -0.0746. The standard InChI is InChI=1S/C14H27N5O2/c1-4-18(5-2)7-8-19-12-13(10-16-19)17-14(20)11-15-6-9-21-3/h10,12,15H,4-9,11H2,1-3H3,(H,17,20). The van der Waals surface area contributed by atoms with Crippen LogP contribution in [0, 0.1) is 0 Å². The van der Waals surface area contributed by atoms with E-state index in [0.717, 1.165) is 31.9 Å². The van der Waals surface area contributed by atoms with Gasteiger partial charge in [0.1, 0.15) is 0 Å². The maximum Gasteiger partial charge on any atom is 0.238 e. The number of aromatic nitrogens is 2. The monoisotopic (exact) mass is 297 g/mol. The first-order valence-electron chi connectivity index (χ1n) is 7.43. The molecular weight excluding hydrogens is 270 g/mol. The second-order valence-electron chi connectivity index (χ2n) is 4.74. The number of rotatable bonds is 11. The van der Waals surface area contributed by atoms with Crippen LogP contribution in [0.5, 0.6) is 0 Å². The quantitative estimate of drug-likeness (QED) is 0.579. The Kier molecular flexibility index (Phi) is 8.65. The Hall–Kier alpha value is -1.44. The number of carbonyl (C=O) groups excluding carboxylic acids is 1. The summed E-state index contributed by atoms with van der Waals surface area (Å²) < 4.78 is 6.75. The van der Waals surface area contributed by atoms with Crippen molar-refractivity contribution in [3.05, 3.63) is 12.4 Å². The van der Waals surface area contributed by atoms with Gasteiger partial charge in [0, 0.05) is 26.4 Å². The smallest absolute Gasteiger partial charge is 0.238 e. The topological polar surface area (TPSA) is 71.4 Å². The van der Waals surface area contributed by atoms with Gasteiger partial charge in [-0.25, -0.2) is 0 Å². The minimum Gasteiger partial charge on any atom is -0.383 e. The number of nitrogens with one attached hydrogen (secondary N) is 2. The number of anilines is 1. The second-order valence-corrected chi connectivity index (χ2v) is 4.74. The molecule has 1 rings (SSSR count). The zero-order chi connectivity index (χ0) is 15.5. The highest BCUT2D eigenvalue weighted by Crippen LogP contribution is 2.04. The number of ether oxygens (including phenoxy) is 1. The molecule has 0 atom stereocenters. The third-order valence-electron chi connectivity index (χ3n) is 3.23. The average molecular weight is 297 g/mol. The van der Waals surface area contributed by atoms with Crippen LogP contribution in [0.4, 0.5) is 5.69 Å². The molecule has 1 aromatic rings. The Labute approximate surface area is 126 Å². The van der Waals surface area contributed by atoms with Gasteiger partial charge in [0.05, 0.1) is 31.6 Å². The molecule has 0 aliphatic carbocycles. The largest absolute Gasteiger partial charge is 0.383 e. The Morgan fingerprint density at radius 3 is 2.86 bits per heavy atom. The lowest BCUT2D eigenvalue weighted by atomic mass is 10.4. The molecule has 1 amide bonds. The van der Waals surface area contributed by atoms with Gasteiger partial charge in [0.2, 0.25) is 5.91 Å². The zero-order valence-electron chi connectivity index (χ0n) is 13.3. The number of methoxy groups -OCH3 is 1. The van der Waals surface area contributed by atoms with Crippen LogP contribution in [0.1, 0.15) is 13.8 Å². The molecule has 7 nitrogen and oxygen atoms in total. The van der Waals surface area contributed by atoms with E-state index in [4.69, 9.17) is 4.74 Å². The SMILES string of the molecule is CCN(CC)CCn1cc(NC(=O)CNCCOC)cn1. The summed E-state index contributed by atoms with van der Waals surface area (Å²) in [4.78, 5) is 14.0. The van der Waals surface area contributed by atoms with Gasteiger partial charge in [0.15, 0.2) is 0 Å². The van der Waals surface area contributed by atoms with E-state index >= 15 is 0 Å². The second kappa shape index (κ2) is 10.3.